The second kappa shape index (κ2) is 8.20. The van der Waals surface area contributed by atoms with Gasteiger partial charge in [0.2, 0.25) is 0 Å². The molecular weight excluding hydrogens is 370 g/mol. The minimum Gasteiger partial charge on any atom is -0.395 e. The monoisotopic (exact) mass is 395 g/mol. The number of primary amides is 1. The van der Waals surface area contributed by atoms with Crippen molar-refractivity contribution in [3.63, 3.8) is 0 Å². The summed E-state index contributed by atoms with van der Waals surface area (Å²) in [6.45, 7) is 5.74. The van der Waals surface area contributed by atoms with E-state index >= 15 is 0 Å². The predicted octanol–water partition coefficient (Wildman–Crippen LogP) is 0.732. The van der Waals surface area contributed by atoms with Gasteiger partial charge in [0.15, 0.2) is 0 Å². The number of H-pyrrole nitrogens is 2. The summed E-state index contributed by atoms with van der Waals surface area (Å²) in [5.41, 5.74) is 8.29. The van der Waals surface area contributed by atoms with E-state index in [1.165, 1.54) is 11.6 Å². The summed E-state index contributed by atoms with van der Waals surface area (Å²) in [6, 6.07) is 11.3. The van der Waals surface area contributed by atoms with Crippen molar-refractivity contribution in [2.24, 2.45) is 5.73 Å². The highest BCUT2D eigenvalue weighted by molar-refractivity contribution is 5.91. The fraction of sp³-hybridized carbons (Fsp3) is 0.333. The van der Waals surface area contributed by atoms with Crippen LogP contribution in [-0.4, -0.2) is 70.1 Å². The van der Waals surface area contributed by atoms with Crippen LogP contribution in [0.4, 0.5) is 0 Å². The molecule has 4 rings (SSSR count). The second-order valence-electron chi connectivity index (χ2n) is 7.43. The zero-order valence-electron chi connectivity index (χ0n) is 16.1. The summed E-state index contributed by atoms with van der Waals surface area (Å²) in [5.74, 6) is -0.660. The molecule has 0 bridgehead atoms. The van der Waals surface area contributed by atoms with E-state index in [4.69, 9.17) is 10.8 Å². The number of hydrogen-bond donors (Lipinski definition) is 4. The van der Waals surface area contributed by atoms with Gasteiger partial charge in [-0.05, 0) is 35.9 Å². The highest BCUT2D eigenvalue weighted by atomic mass is 16.3. The molecule has 1 fully saturated rings. The number of nitrogens with zero attached hydrogens (tertiary/aromatic N) is 2. The molecule has 1 aliphatic rings. The second-order valence-corrected chi connectivity index (χ2v) is 7.43. The summed E-state index contributed by atoms with van der Waals surface area (Å²) >= 11 is 0. The van der Waals surface area contributed by atoms with Crippen molar-refractivity contribution in [3.8, 4) is 11.3 Å². The maximum absolute atomic E-state index is 12.3. The van der Waals surface area contributed by atoms with E-state index in [2.05, 4.69) is 31.9 Å². The molecule has 1 saturated heterocycles. The van der Waals surface area contributed by atoms with Crippen LogP contribution in [0, 0.1) is 0 Å². The third-order valence-electron chi connectivity index (χ3n) is 5.44. The van der Waals surface area contributed by atoms with Gasteiger partial charge in [-0.2, -0.15) is 0 Å². The molecule has 0 atom stereocenters. The number of carbonyl (C=O) groups is 1. The first kappa shape index (κ1) is 19.4. The molecule has 0 unspecified atom stereocenters. The quantitative estimate of drug-likeness (QED) is 0.491. The zero-order valence-corrected chi connectivity index (χ0v) is 16.1. The summed E-state index contributed by atoms with van der Waals surface area (Å²) in [5, 5.41) is 10.1. The van der Waals surface area contributed by atoms with Gasteiger partial charge in [-0.25, -0.2) is 0 Å². The Kier molecular flexibility index (Phi) is 5.48. The molecule has 8 nitrogen and oxygen atoms in total. The molecule has 5 N–H and O–H groups in total. The van der Waals surface area contributed by atoms with E-state index in [1.807, 2.05) is 12.1 Å². The van der Waals surface area contributed by atoms with Gasteiger partial charge in [0.05, 0.1) is 17.9 Å². The number of aliphatic hydroxyl groups is 1. The van der Waals surface area contributed by atoms with Crippen molar-refractivity contribution in [1.29, 1.82) is 0 Å². The number of aliphatic hydroxyl groups excluding tert-OH is 1. The lowest BCUT2D eigenvalue weighted by atomic mass is 10.1. The Labute approximate surface area is 167 Å². The van der Waals surface area contributed by atoms with Crippen molar-refractivity contribution >= 4 is 16.8 Å². The number of pyridine rings is 1. The van der Waals surface area contributed by atoms with Gasteiger partial charge in [-0.3, -0.25) is 19.4 Å². The number of nitrogens with two attached hydrogens (primary N) is 1. The molecule has 3 aromatic rings. The Morgan fingerprint density at radius 3 is 2.48 bits per heavy atom. The van der Waals surface area contributed by atoms with Crippen LogP contribution in [-0.2, 0) is 6.54 Å². The van der Waals surface area contributed by atoms with Crippen molar-refractivity contribution in [3.05, 3.63) is 58.0 Å². The van der Waals surface area contributed by atoms with E-state index in [-0.39, 0.29) is 17.9 Å². The van der Waals surface area contributed by atoms with Gasteiger partial charge < -0.3 is 20.8 Å². The summed E-state index contributed by atoms with van der Waals surface area (Å²) in [6.07, 6.45) is 0. The van der Waals surface area contributed by atoms with Crippen LogP contribution >= 0.6 is 0 Å². The molecule has 2 aromatic heterocycles. The van der Waals surface area contributed by atoms with Gasteiger partial charge in [0.25, 0.3) is 11.5 Å². The number of aromatic amines is 2. The lowest BCUT2D eigenvalue weighted by molar-refractivity contribution is 0.0995. The summed E-state index contributed by atoms with van der Waals surface area (Å²) in [7, 11) is 0. The number of fused-ring (bicyclic) bond motifs is 1. The normalized spacial score (nSPS) is 15.8. The Morgan fingerprint density at radius 2 is 1.79 bits per heavy atom. The first-order chi connectivity index (χ1) is 14.0. The molecular formula is C21H25N5O3. The molecule has 3 heterocycles. The first-order valence-electron chi connectivity index (χ1n) is 9.74. The molecule has 0 spiro atoms. The van der Waals surface area contributed by atoms with E-state index < -0.39 is 5.91 Å². The van der Waals surface area contributed by atoms with Crippen LogP contribution in [0.15, 0.2) is 41.2 Å². The number of aromatic nitrogens is 2. The van der Waals surface area contributed by atoms with Gasteiger partial charge >= 0.3 is 0 Å². The van der Waals surface area contributed by atoms with Crippen molar-refractivity contribution in [1.82, 2.24) is 19.8 Å². The average molecular weight is 395 g/mol. The molecule has 152 valence electrons. The molecule has 0 saturated carbocycles. The third-order valence-corrected chi connectivity index (χ3v) is 5.44. The number of piperazine rings is 1. The average Bonchev–Trinajstić information content (AvgIpc) is 3.12. The minimum atomic E-state index is -0.660. The van der Waals surface area contributed by atoms with Crippen LogP contribution in [0.1, 0.15) is 16.1 Å². The fourth-order valence-electron chi connectivity index (χ4n) is 3.83. The number of benzene rings is 1. The van der Waals surface area contributed by atoms with Gasteiger partial charge in [-0.1, -0.05) is 6.07 Å². The fourth-order valence-corrected chi connectivity index (χ4v) is 3.83. The standard InChI is InChI=1S/C21H25N5O3/c22-20(28)18-4-2-16(21(29)24-18)19-12-15-11-14(1-3-17(15)23-19)13-26-7-5-25(6-8-26)9-10-27/h1-4,11-12,23,27H,5-10,13H2,(H2,22,28)(H,24,29). The van der Waals surface area contributed by atoms with Crippen LogP contribution in [0.5, 0.6) is 0 Å². The van der Waals surface area contributed by atoms with Gasteiger partial charge in [0, 0.05) is 50.2 Å². The topological polar surface area (TPSA) is 118 Å². The summed E-state index contributed by atoms with van der Waals surface area (Å²) in [4.78, 5) is 34.0. The van der Waals surface area contributed by atoms with E-state index in [9.17, 15) is 9.59 Å². The van der Waals surface area contributed by atoms with E-state index in [0.29, 0.717) is 11.3 Å². The zero-order chi connectivity index (χ0) is 20.4. The lowest BCUT2D eigenvalue weighted by Crippen LogP contribution is -2.46. The van der Waals surface area contributed by atoms with Crippen LogP contribution < -0.4 is 11.3 Å². The van der Waals surface area contributed by atoms with E-state index in [0.717, 1.165) is 50.2 Å². The molecule has 1 aliphatic heterocycles. The molecule has 1 aromatic carbocycles. The largest absolute Gasteiger partial charge is 0.395 e. The SMILES string of the molecule is NC(=O)c1ccc(-c2cc3cc(CN4CCN(CCO)CC4)ccc3[nH]2)c(=O)[nH]1. The Balaban J connectivity index is 1.51. The number of carbonyl (C=O) groups excluding carboxylic acids is 1. The maximum Gasteiger partial charge on any atom is 0.265 e. The minimum absolute atomic E-state index is 0.0937. The lowest BCUT2D eigenvalue weighted by Gasteiger charge is -2.34. The number of nitrogens with one attached hydrogen (secondary N) is 2. The number of amides is 1. The van der Waals surface area contributed by atoms with Crippen molar-refractivity contribution in [2.45, 2.75) is 6.54 Å². The van der Waals surface area contributed by atoms with Crippen LogP contribution in [0.25, 0.3) is 22.2 Å². The van der Waals surface area contributed by atoms with Crippen molar-refractivity contribution < 1.29 is 9.90 Å². The van der Waals surface area contributed by atoms with Crippen molar-refractivity contribution in [2.75, 3.05) is 39.3 Å². The number of hydrogen-bond acceptors (Lipinski definition) is 5. The molecule has 1 amide bonds. The Morgan fingerprint density at radius 1 is 1.03 bits per heavy atom. The first-order valence-corrected chi connectivity index (χ1v) is 9.74. The molecule has 0 radical (unpaired) electrons. The molecule has 0 aliphatic carbocycles. The Bertz CT molecular complexity index is 1080. The highest BCUT2D eigenvalue weighted by Gasteiger charge is 2.17. The van der Waals surface area contributed by atoms with Crippen LogP contribution in [0.3, 0.4) is 0 Å². The van der Waals surface area contributed by atoms with E-state index in [1.54, 1.807) is 6.07 Å². The molecule has 8 heteroatoms. The molecule has 29 heavy (non-hydrogen) atoms. The summed E-state index contributed by atoms with van der Waals surface area (Å²) < 4.78 is 0. The maximum atomic E-state index is 12.3. The number of rotatable bonds is 6. The third kappa shape index (κ3) is 4.24. The predicted molar refractivity (Wildman–Crippen MR) is 112 cm³/mol. The Hall–Kier alpha value is -2.94. The highest BCUT2D eigenvalue weighted by Crippen LogP contribution is 2.23. The smallest absolute Gasteiger partial charge is 0.265 e. The van der Waals surface area contributed by atoms with Crippen LogP contribution in [0.2, 0.25) is 0 Å². The van der Waals surface area contributed by atoms with Gasteiger partial charge in [-0.15, -0.1) is 0 Å². The van der Waals surface area contributed by atoms with Gasteiger partial charge in [0.1, 0.15) is 5.69 Å². The number of β-amino-alcohol motifs (C(OH)–C–C–N with tert-alkyl or cyclic N) is 1.